The summed E-state index contributed by atoms with van der Waals surface area (Å²) in [4.78, 5) is 40.9. The van der Waals surface area contributed by atoms with Gasteiger partial charge < -0.3 is 15.5 Å². The molecule has 1 aromatic heterocycles. The smallest absolute Gasteiger partial charge is 0.273 e. The van der Waals surface area contributed by atoms with Crippen LogP contribution in [0.5, 0.6) is 0 Å². The summed E-state index contributed by atoms with van der Waals surface area (Å²) in [5, 5.41) is 10.4. The van der Waals surface area contributed by atoms with Crippen LogP contribution in [-0.4, -0.2) is 57.1 Å². The highest BCUT2D eigenvalue weighted by molar-refractivity contribution is 6.01. The molecule has 0 spiro atoms. The van der Waals surface area contributed by atoms with Gasteiger partial charge in [0.15, 0.2) is 5.69 Å². The highest BCUT2D eigenvalue weighted by Crippen LogP contribution is 2.29. The van der Waals surface area contributed by atoms with Crippen LogP contribution in [0, 0.1) is 5.92 Å². The minimum Gasteiger partial charge on any atom is -0.351 e. The molecule has 1 atom stereocenters. The maximum Gasteiger partial charge on any atom is 0.273 e. The number of nitrogens with one attached hydrogen (secondary N) is 2. The molecule has 0 radical (unpaired) electrons. The first-order chi connectivity index (χ1) is 14.8. The van der Waals surface area contributed by atoms with Crippen LogP contribution in [-0.2, 0) is 11.3 Å². The van der Waals surface area contributed by atoms with E-state index in [4.69, 9.17) is 0 Å². The molecule has 1 aliphatic carbocycles. The van der Waals surface area contributed by atoms with Gasteiger partial charge in [0.25, 0.3) is 11.8 Å². The van der Waals surface area contributed by atoms with E-state index < -0.39 is 5.54 Å². The first kappa shape index (κ1) is 23.3. The molecule has 3 rings (SSSR count). The van der Waals surface area contributed by atoms with E-state index in [0.29, 0.717) is 24.7 Å². The summed E-state index contributed by atoms with van der Waals surface area (Å²) < 4.78 is 1.54. The monoisotopic (exact) mass is 431 g/mol. The predicted molar refractivity (Wildman–Crippen MR) is 119 cm³/mol. The number of hydrogen-bond donors (Lipinski definition) is 2. The van der Waals surface area contributed by atoms with Crippen molar-refractivity contribution in [3.05, 3.63) is 17.5 Å². The number of aromatic nitrogens is 2. The van der Waals surface area contributed by atoms with E-state index in [-0.39, 0.29) is 36.0 Å². The van der Waals surface area contributed by atoms with Gasteiger partial charge >= 0.3 is 0 Å². The van der Waals surface area contributed by atoms with Crippen molar-refractivity contribution in [3.8, 4) is 0 Å². The second-order valence-electron chi connectivity index (χ2n) is 9.55. The Morgan fingerprint density at radius 1 is 1.29 bits per heavy atom. The number of carbonyl (C=O) groups is 3. The number of amides is 3. The number of hydrogen-bond acceptors (Lipinski definition) is 4. The zero-order valence-electron chi connectivity index (χ0n) is 19.4. The van der Waals surface area contributed by atoms with Gasteiger partial charge in [-0.15, -0.1) is 0 Å². The van der Waals surface area contributed by atoms with E-state index in [1.54, 1.807) is 11.0 Å². The van der Waals surface area contributed by atoms with E-state index in [0.717, 1.165) is 44.9 Å². The van der Waals surface area contributed by atoms with Crippen LogP contribution in [0.4, 0.5) is 0 Å². The molecule has 1 saturated carbocycles. The van der Waals surface area contributed by atoms with Crippen molar-refractivity contribution in [2.45, 2.75) is 90.8 Å². The predicted octanol–water partition coefficient (Wildman–Crippen LogP) is 2.73. The quantitative estimate of drug-likeness (QED) is 0.628. The second-order valence-corrected chi connectivity index (χ2v) is 9.55. The van der Waals surface area contributed by atoms with E-state index in [2.05, 4.69) is 36.5 Å². The molecule has 172 valence electrons. The van der Waals surface area contributed by atoms with E-state index in [1.807, 2.05) is 6.92 Å². The fourth-order valence-electron chi connectivity index (χ4n) is 4.39. The van der Waals surface area contributed by atoms with E-state index in [9.17, 15) is 14.4 Å². The Morgan fingerprint density at radius 3 is 2.65 bits per heavy atom. The summed E-state index contributed by atoms with van der Waals surface area (Å²) in [7, 11) is 0. The average Bonchev–Trinajstić information content (AvgIpc) is 3.37. The van der Waals surface area contributed by atoms with Gasteiger partial charge in [-0.3, -0.25) is 19.1 Å². The summed E-state index contributed by atoms with van der Waals surface area (Å²) >= 11 is 0. The molecule has 2 aliphatic rings. The van der Waals surface area contributed by atoms with Crippen molar-refractivity contribution in [3.63, 3.8) is 0 Å². The summed E-state index contributed by atoms with van der Waals surface area (Å²) in [6.45, 7) is 9.40. The normalized spacial score (nSPS) is 21.5. The van der Waals surface area contributed by atoms with Crippen LogP contribution in [0.2, 0.25) is 0 Å². The highest BCUT2D eigenvalue weighted by atomic mass is 16.2. The minimum atomic E-state index is -1.03. The molecule has 2 N–H and O–H groups in total. The maximum absolute atomic E-state index is 13.4. The molecular formula is C23H37N5O3. The Balaban J connectivity index is 1.82. The summed E-state index contributed by atoms with van der Waals surface area (Å²) in [5.74, 6) is -0.165. The van der Waals surface area contributed by atoms with Gasteiger partial charge in [-0.2, -0.15) is 5.10 Å². The fraction of sp³-hybridized carbons (Fsp3) is 0.739. The molecule has 1 aromatic rings. The third-order valence-corrected chi connectivity index (χ3v) is 6.45. The van der Waals surface area contributed by atoms with Crippen molar-refractivity contribution in [2.75, 3.05) is 13.1 Å². The van der Waals surface area contributed by atoms with Gasteiger partial charge in [-0.1, -0.05) is 40.0 Å². The standard InChI is InChI=1S/C23H37N5O3/c1-5-6-13-27-21(30)19-14-18(20(29)24-12-11-16(2)3)26-28(19)15-23(27,4)22(31)25-17-9-7-8-10-17/h14,16-17H,5-13,15H2,1-4H3,(H,24,29)(H,25,31)/t23-/m1/s1. The van der Waals surface area contributed by atoms with Crippen LogP contribution in [0.25, 0.3) is 0 Å². The van der Waals surface area contributed by atoms with Crippen LogP contribution >= 0.6 is 0 Å². The van der Waals surface area contributed by atoms with Crippen LogP contribution in [0.15, 0.2) is 6.07 Å². The number of rotatable bonds is 9. The lowest BCUT2D eigenvalue weighted by atomic mass is 9.94. The molecule has 0 aromatic carbocycles. The van der Waals surface area contributed by atoms with Crippen molar-refractivity contribution in [1.29, 1.82) is 0 Å². The van der Waals surface area contributed by atoms with E-state index in [1.165, 1.54) is 4.68 Å². The molecule has 1 aliphatic heterocycles. The minimum absolute atomic E-state index is 0.132. The van der Waals surface area contributed by atoms with Crippen LogP contribution < -0.4 is 10.6 Å². The number of nitrogens with zero attached hydrogens (tertiary/aromatic N) is 3. The van der Waals surface area contributed by atoms with Crippen LogP contribution in [0.1, 0.15) is 93.6 Å². The fourth-order valence-corrected chi connectivity index (χ4v) is 4.39. The Labute approximate surface area is 185 Å². The van der Waals surface area contributed by atoms with Gasteiger partial charge in [0.1, 0.15) is 11.2 Å². The first-order valence-corrected chi connectivity index (χ1v) is 11.7. The van der Waals surface area contributed by atoms with Crippen LogP contribution in [0.3, 0.4) is 0 Å². The lowest BCUT2D eigenvalue weighted by molar-refractivity contribution is -0.133. The lowest BCUT2D eigenvalue weighted by Gasteiger charge is -2.43. The molecular weight excluding hydrogens is 394 g/mol. The van der Waals surface area contributed by atoms with Gasteiger partial charge in [-0.25, -0.2) is 0 Å². The average molecular weight is 432 g/mol. The lowest BCUT2D eigenvalue weighted by Crippen LogP contribution is -2.65. The highest BCUT2D eigenvalue weighted by Gasteiger charge is 2.48. The number of fused-ring (bicyclic) bond motifs is 1. The second kappa shape index (κ2) is 9.83. The topological polar surface area (TPSA) is 96.3 Å². The van der Waals surface area contributed by atoms with Gasteiger partial charge in [-0.05, 0) is 38.5 Å². The molecule has 0 saturated heterocycles. The van der Waals surface area contributed by atoms with Crippen molar-refractivity contribution in [2.24, 2.45) is 5.92 Å². The zero-order valence-corrected chi connectivity index (χ0v) is 19.4. The largest absolute Gasteiger partial charge is 0.351 e. The molecule has 0 bridgehead atoms. The molecule has 0 unspecified atom stereocenters. The van der Waals surface area contributed by atoms with Gasteiger partial charge in [0.05, 0.1) is 6.54 Å². The SMILES string of the molecule is CCCCN1C(=O)c2cc(C(=O)NCCC(C)C)nn2C[C@]1(C)C(=O)NC1CCCC1. The maximum atomic E-state index is 13.4. The van der Waals surface area contributed by atoms with Crippen molar-refractivity contribution >= 4 is 17.7 Å². The van der Waals surface area contributed by atoms with Crippen molar-refractivity contribution < 1.29 is 14.4 Å². The molecule has 8 nitrogen and oxygen atoms in total. The molecule has 3 amide bonds. The molecule has 31 heavy (non-hydrogen) atoms. The Morgan fingerprint density at radius 2 is 2.00 bits per heavy atom. The Bertz CT molecular complexity index is 812. The van der Waals surface area contributed by atoms with Gasteiger partial charge in [0, 0.05) is 25.2 Å². The van der Waals surface area contributed by atoms with E-state index >= 15 is 0 Å². The summed E-state index contributed by atoms with van der Waals surface area (Å²) in [6.07, 6.45) is 6.83. The Hall–Kier alpha value is -2.38. The van der Waals surface area contributed by atoms with Crippen molar-refractivity contribution in [1.82, 2.24) is 25.3 Å². The third-order valence-electron chi connectivity index (χ3n) is 6.45. The Kier molecular flexibility index (Phi) is 7.38. The molecule has 1 fully saturated rings. The first-order valence-electron chi connectivity index (χ1n) is 11.7. The van der Waals surface area contributed by atoms with Gasteiger partial charge in [0.2, 0.25) is 5.91 Å². The third kappa shape index (κ3) is 5.10. The number of unbranched alkanes of at least 4 members (excludes halogenated alkanes) is 1. The molecule has 8 heteroatoms. The summed E-state index contributed by atoms with van der Waals surface area (Å²) in [6, 6.07) is 1.73. The zero-order chi connectivity index (χ0) is 22.6. The number of carbonyl (C=O) groups excluding carboxylic acids is 3. The molecule has 2 heterocycles. The summed E-state index contributed by atoms with van der Waals surface area (Å²) in [5.41, 5.74) is -0.432.